The van der Waals surface area contributed by atoms with Gasteiger partial charge < -0.3 is 10.2 Å². The Kier molecular flexibility index (Phi) is 4.24. The van der Waals surface area contributed by atoms with Crippen LogP contribution in [0.2, 0.25) is 0 Å². The molecule has 0 spiro atoms. The Morgan fingerprint density at radius 3 is 2.33 bits per heavy atom. The number of carbonyl (C=O) groups is 1. The van der Waals surface area contributed by atoms with Crippen molar-refractivity contribution in [3.8, 4) is 0 Å². The molecule has 2 aliphatic rings. The first kappa shape index (κ1) is 13.8. The lowest BCUT2D eigenvalue weighted by molar-refractivity contribution is -0.135. The van der Waals surface area contributed by atoms with E-state index in [4.69, 9.17) is 0 Å². The highest BCUT2D eigenvalue weighted by atomic mass is 32.2. The van der Waals surface area contributed by atoms with Crippen LogP contribution >= 0.6 is 0 Å². The number of piperidine rings is 1. The second kappa shape index (κ2) is 5.54. The number of piperazine rings is 1. The van der Waals surface area contributed by atoms with Gasteiger partial charge in [-0.2, -0.15) is 4.31 Å². The zero-order valence-electron chi connectivity index (χ0n) is 10.8. The fourth-order valence-corrected chi connectivity index (χ4v) is 3.35. The molecule has 1 atom stereocenters. The molecule has 0 radical (unpaired) electrons. The van der Waals surface area contributed by atoms with E-state index in [1.165, 1.54) is 10.6 Å². The highest BCUT2D eigenvalue weighted by Crippen LogP contribution is 2.12. The molecule has 2 aliphatic heterocycles. The maximum Gasteiger partial charge on any atom is 0.239 e. The van der Waals surface area contributed by atoms with Crippen molar-refractivity contribution in [2.45, 2.75) is 25.3 Å². The number of rotatable bonds is 2. The second-order valence-electron chi connectivity index (χ2n) is 4.99. The van der Waals surface area contributed by atoms with Crippen LogP contribution in [0.1, 0.15) is 19.3 Å². The van der Waals surface area contributed by atoms with E-state index in [0.717, 1.165) is 25.8 Å². The molecule has 0 aromatic heterocycles. The average Bonchev–Trinajstić information content (AvgIpc) is 2.38. The molecule has 6 nitrogen and oxygen atoms in total. The molecule has 7 heteroatoms. The van der Waals surface area contributed by atoms with E-state index < -0.39 is 10.0 Å². The van der Waals surface area contributed by atoms with Crippen molar-refractivity contribution in [2.75, 3.05) is 39.0 Å². The number of sulfonamides is 1. The van der Waals surface area contributed by atoms with E-state index in [9.17, 15) is 13.2 Å². The van der Waals surface area contributed by atoms with Gasteiger partial charge in [-0.15, -0.1) is 0 Å². The normalized spacial score (nSPS) is 27.2. The lowest BCUT2D eigenvalue weighted by Gasteiger charge is -2.36. The lowest BCUT2D eigenvalue weighted by atomic mass is 10.0. The fourth-order valence-electron chi connectivity index (χ4n) is 2.52. The number of hydrogen-bond donors (Lipinski definition) is 1. The van der Waals surface area contributed by atoms with Crippen LogP contribution in [0.5, 0.6) is 0 Å². The summed E-state index contributed by atoms with van der Waals surface area (Å²) in [5, 5.41) is 3.23. The maximum absolute atomic E-state index is 12.2. The van der Waals surface area contributed by atoms with Crippen molar-refractivity contribution in [3.63, 3.8) is 0 Å². The predicted molar refractivity (Wildman–Crippen MR) is 68.6 cm³/mol. The summed E-state index contributed by atoms with van der Waals surface area (Å²) in [6.45, 7) is 2.74. The van der Waals surface area contributed by atoms with E-state index in [1.54, 1.807) is 4.90 Å². The highest BCUT2D eigenvalue weighted by molar-refractivity contribution is 7.88. The van der Waals surface area contributed by atoms with Crippen LogP contribution in [0.3, 0.4) is 0 Å². The summed E-state index contributed by atoms with van der Waals surface area (Å²) < 4.78 is 24.2. The Morgan fingerprint density at radius 2 is 1.83 bits per heavy atom. The molecule has 0 aromatic rings. The van der Waals surface area contributed by atoms with Gasteiger partial charge >= 0.3 is 0 Å². The first-order chi connectivity index (χ1) is 8.48. The summed E-state index contributed by atoms with van der Waals surface area (Å²) in [5.74, 6) is 0.128. The van der Waals surface area contributed by atoms with Crippen LogP contribution in [0.15, 0.2) is 0 Å². The Hall–Kier alpha value is -0.660. The molecule has 1 amide bonds. The van der Waals surface area contributed by atoms with Gasteiger partial charge in [0.15, 0.2) is 0 Å². The molecule has 2 rings (SSSR count). The zero-order chi connectivity index (χ0) is 13.2. The van der Waals surface area contributed by atoms with E-state index in [2.05, 4.69) is 5.32 Å². The molecule has 0 saturated carbocycles. The summed E-state index contributed by atoms with van der Waals surface area (Å²) in [6.07, 6.45) is 4.33. The molecule has 2 heterocycles. The summed E-state index contributed by atoms with van der Waals surface area (Å²) in [6, 6.07) is -0.0662. The first-order valence-corrected chi connectivity index (χ1v) is 8.30. The topological polar surface area (TPSA) is 69.7 Å². The molecule has 0 unspecified atom stereocenters. The summed E-state index contributed by atoms with van der Waals surface area (Å²) in [4.78, 5) is 14.0. The van der Waals surface area contributed by atoms with Crippen LogP contribution in [-0.2, 0) is 14.8 Å². The molecular weight excluding hydrogens is 254 g/mol. The van der Waals surface area contributed by atoms with E-state index in [-0.39, 0.29) is 11.9 Å². The Balaban J connectivity index is 1.87. The molecule has 0 aromatic carbocycles. The summed E-state index contributed by atoms with van der Waals surface area (Å²) in [5.41, 5.74) is 0. The minimum Gasteiger partial charge on any atom is -0.339 e. The molecule has 0 bridgehead atoms. The van der Waals surface area contributed by atoms with Crippen molar-refractivity contribution >= 4 is 15.9 Å². The molecule has 104 valence electrons. The Morgan fingerprint density at radius 1 is 1.17 bits per heavy atom. The zero-order valence-corrected chi connectivity index (χ0v) is 11.6. The standard InChI is InChI=1S/C11H21N3O3S/c1-18(16,17)14-8-6-13(7-9-14)11(15)10-4-2-3-5-12-10/h10,12H,2-9H2,1H3/t10-/m0/s1. The third-order valence-corrected chi connectivity index (χ3v) is 4.93. The molecule has 0 aliphatic carbocycles. The second-order valence-corrected chi connectivity index (χ2v) is 6.97. The smallest absolute Gasteiger partial charge is 0.239 e. The molecule has 2 saturated heterocycles. The summed E-state index contributed by atoms with van der Waals surface area (Å²) in [7, 11) is -3.12. The number of carbonyl (C=O) groups excluding carboxylic acids is 1. The van der Waals surface area contributed by atoms with Gasteiger partial charge in [-0.25, -0.2) is 8.42 Å². The highest BCUT2D eigenvalue weighted by Gasteiger charge is 2.30. The number of hydrogen-bond acceptors (Lipinski definition) is 4. The van der Waals surface area contributed by atoms with Gasteiger partial charge in [-0.1, -0.05) is 6.42 Å². The average molecular weight is 275 g/mol. The van der Waals surface area contributed by atoms with Gasteiger partial charge in [0.1, 0.15) is 0 Å². The van der Waals surface area contributed by atoms with Gasteiger partial charge in [-0.05, 0) is 19.4 Å². The molecule has 2 fully saturated rings. The quantitative estimate of drug-likeness (QED) is 0.719. The van der Waals surface area contributed by atoms with Crippen LogP contribution in [0, 0.1) is 0 Å². The van der Waals surface area contributed by atoms with Crippen LogP contribution in [-0.4, -0.2) is 68.6 Å². The number of nitrogens with one attached hydrogen (secondary N) is 1. The first-order valence-electron chi connectivity index (χ1n) is 6.46. The van der Waals surface area contributed by atoms with E-state index in [0.29, 0.717) is 26.2 Å². The fraction of sp³-hybridized carbons (Fsp3) is 0.909. The monoisotopic (exact) mass is 275 g/mol. The summed E-state index contributed by atoms with van der Waals surface area (Å²) >= 11 is 0. The molecular formula is C11H21N3O3S. The third kappa shape index (κ3) is 3.21. The maximum atomic E-state index is 12.2. The van der Waals surface area contributed by atoms with Gasteiger partial charge in [0.25, 0.3) is 0 Å². The Labute approximate surface area is 108 Å². The van der Waals surface area contributed by atoms with Crippen molar-refractivity contribution in [2.24, 2.45) is 0 Å². The third-order valence-electron chi connectivity index (χ3n) is 3.63. The predicted octanol–water partition coefficient (Wildman–Crippen LogP) is -0.768. The lowest BCUT2D eigenvalue weighted by Crippen LogP contribution is -2.55. The minimum absolute atomic E-state index is 0.0662. The van der Waals surface area contributed by atoms with Crippen LogP contribution in [0.4, 0.5) is 0 Å². The van der Waals surface area contributed by atoms with Gasteiger partial charge in [0, 0.05) is 26.2 Å². The van der Waals surface area contributed by atoms with E-state index in [1.807, 2.05) is 0 Å². The number of amides is 1. The molecule has 1 N–H and O–H groups in total. The largest absolute Gasteiger partial charge is 0.339 e. The Bertz CT molecular complexity index is 396. The van der Waals surface area contributed by atoms with Gasteiger partial charge in [-0.3, -0.25) is 4.79 Å². The van der Waals surface area contributed by atoms with Crippen molar-refractivity contribution in [1.82, 2.24) is 14.5 Å². The van der Waals surface area contributed by atoms with Crippen LogP contribution in [0.25, 0.3) is 0 Å². The van der Waals surface area contributed by atoms with Gasteiger partial charge in [0.05, 0.1) is 12.3 Å². The minimum atomic E-state index is -3.12. The van der Waals surface area contributed by atoms with Crippen LogP contribution < -0.4 is 5.32 Å². The number of nitrogens with zero attached hydrogens (tertiary/aromatic N) is 2. The van der Waals surface area contributed by atoms with Crippen molar-refractivity contribution < 1.29 is 13.2 Å². The van der Waals surface area contributed by atoms with E-state index >= 15 is 0 Å². The van der Waals surface area contributed by atoms with Crippen molar-refractivity contribution in [3.05, 3.63) is 0 Å². The van der Waals surface area contributed by atoms with Crippen molar-refractivity contribution in [1.29, 1.82) is 0 Å². The SMILES string of the molecule is CS(=O)(=O)N1CCN(C(=O)[C@@H]2CCCCN2)CC1. The molecule has 18 heavy (non-hydrogen) atoms. The van der Waals surface area contributed by atoms with Gasteiger partial charge in [0.2, 0.25) is 15.9 Å².